The molecule has 1 N–H and O–H groups in total. The summed E-state index contributed by atoms with van der Waals surface area (Å²) in [6, 6.07) is 0. The summed E-state index contributed by atoms with van der Waals surface area (Å²) in [5.74, 6) is 0. The topological polar surface area (TPSA) is 77.4 Å². The first-order chi connectivity index (χ1) is 2.00. The van der Waals surface area contributed by atoms with E-state index in [2.05, 4.69) is 0 Å². The van der Waals surface area contributed by atoms with E-state index >= 15 is 0 Å². The molecule has 4 nitrogen and oxygen atoms in total. The standard InChI is InChI=1S/Al.H2O4S/c;1-5(2,3)4/h;(H2,1,2,3,4)/q+1;/p-1. The van der Waals surface area contributed by atoms with E-state index in [1.807, 2.05) is 0 Å². The first-order valence-corrected chi connectivity index (χ1v) is 2.05. The molecule has 0 atom stereocenters. The Balaban J connectivity index is 0. The number of hydrogen-bond acceptors (Lipinski definition) is 3. The summed E-state index contributed by atoms with van der Waals surface area (Å²) in [6.45, 7) is 0. The van der Waals surface area contributed by atoms with Gasteiger partial charge in [0, 0.05) is 0 Å². The Labute approximate surface area is 45.9 Å². The third-order valence-corrected chi connectivity index (χ3v) is 0. The fraction of sp³-hybridized carbons (Fsp3) is 0. The molecule has 0 rings (SSSR count). The second-order valence-corrected chi connectivity index (χ2v) is 1.28. The summed E-state index contributed by atoms with van der Waals surface area (Å²) in [6.07, 6.45) is 0. The molecule has 0 aromatic rings. The monoisotopic (exact) mass is 124 g/mol. The van der Waals surface area contributed by atoms with E-state index < -0.39 is 10.4 Å². The van der Waals surface area contributed by atoms with E-state index in [1.165, 1.54) is 0 Å². The van der Waals surface area contributed by atoms with Gasteiger partial charge in [-0.2, -0.15) is 0 Å². The van der Waals surface area contributed by atoms with E-state index in [1.54, 1.807) is 0 Å². The van der Waals surface area contributed by atoms with Crippen molar-refractivity contribution in [2.75, 3.05) is 0 Å². The third-order valence-electron chi connectivity index (χ3n) is 0. The summed E-state index contributed by atoms with van der Waals surface area (Å²) in [7, 11) is -4.92. The molecule has 6 heavy (non-hydrogen) atoms. The predicted molar refractivity (Wildman–Crippen MR) is 18.1 cm³/mol. The Morgan fingerprint density at radius 3 is 1.50 bits per heavy atom. The molecule has 0 heterocycles. The van der Waals surface area contributed by atoms with Gasteiger partial charge in [0.1, 0.15) is 0 Å². The summed E-state index contributed by atoms with van der Waals surface area (Å²) in [5, 5.41) is 0. The van der Waals surface area contributed by atoms with Crippen molar-refractivity contribution in [3.63, 3.8) is 0 Å². The van der Waals surface area contributed by atoms with Crippen LogP contribution in [0.15, 0.2) is 0 Å². The van der Waals surface area contributed by atoms with Gasteiger partial charge in [0.2, 0.25) is 10.4 Å². The van der Waals surface area contributed by atoms with Crippen LogP contribution in [0, 0.1) is 0 Å². The van der Waals surface area contributed by atoms with Crippen molar-refractivity contribution in [2.45, 2.75) is 0 Å². The molecule has 0 aromatic carbocycles. The Morgan fingerprint density at radius 2 is 1.50 bits per heavy atom. The van der Waals surface area contributed by atoms with Crippen LogP contribution in [-0.2, 0) is 10.4 Å². The van der Waals surface area contributed by atoms with Crippen LogP contribution in [0.25, 0.3) is 0 Å². The van der Waals surface area contributed by atoms with Gasteiger partial charge in [0.15, 0.2) is 0 Å². The maximum atomic E-state index is 8.63. The molecule has 0 spiro atoms. The smallest absolute Gasteiger partial charge is 0.726 e. The molecular formula is HAlO4S. The van der Waals surface area contributed by atoms with E-state index in [0.717, 1.165) is 0 Å². The molecule has 0 amide bonds. The third kappa shape index (κ3) is 315. The Morgan fingerprint density at radius 1 is 1.50 bits per heavy atom. The fourth-order valence-electron chi connectivity index (χ4n) is 0. The SMILES string of the molecule is O=S(=O)([O-])O.[Al+]. The zero-order chi connectivity index (χ0) is 4.50. The van der Waals surface area contributed by atoms with Crippen molar-refractivity contribution >= 4 is 27.8 Å². The van der Waals surface area contributed by atoms with Crippen LogP contribution in [0.4, 0.5) is 0 Å². The second kappa shape index (κ2) is 2.55. The Bertz CT molecular complexity index is 90.7. The minimum absolute atomic E-state index is 0. The van der Waals surface area contributed by atoms with Crippen molar-refractivity contribution in [1.82, 2.24) is 0 Å². The zero-order valence-electron chi connectivity index (χ0n) is 2.66. The molecule has 0 unspecified atom stereocenters. The van der Waals surface area contributed by atoms with Crippen LogP contribution in [0.3, 0.4) is 0 Å². The van der Waals surface area contributed by atoms with Gasteiger partial charge in [-0.1, -0.05) is 0 Å². The van der Waals surface area contributed by atoms with Crippen molar-refractivity contribution < 1.29 is 17.5 Å². The predicted octanol–water partition coefficient (Wildman–Crippen LogP) is -1.38. The van der Waals surface area contributed by atoms with Crippen LogP contribution in [0.1, 0.15) is 0 Å². The molecule has 0 aliphatic rings. The summed E-state index contributed by atoms with van der Waals surface area (Å²) < 4.78 is 32.8. The molecule has 0 aliphatic carbocycles. The zero-order valence-corrected chi connectivity index (χ0v) is 4.63. The maximum Gasteiger partial charge on any atom is 1.00 e. The van der Waals surface area contributed by atoms with E-state index in [-0.39, 0.29) is 17.4 Å². The second-order valence-electron chi connectivity index (χ2n) is 0.428. The average Bonchev–Trinajstić information content (AvgIpc) is 0.722. The Hall–Kier alpha value is 0.402. The minimum atomic E-state index is -4.92. The Kier molecular flexibility index (Phi) is 4.10. The first-order valence-electron chi connectivity index (χ1n) is 0.683. The van der Waals surface area contributed by atoms with Crippen molar-refractivity contribution in [2.24, 2.45) is 0 Å². The van der Waals surface area contributed by atoms with Crippen molar-refractivity contribution in [3.05, 3.63) is 0 Å². The fourth-order valence-corrected chi connectivity index (χ4v) is 0. The molecule has 0 saturated carbocycles. The molecule has 2 radical (unpaired) electrons. The van der Waals surface area contributed by atoms with E-state index in [4.69, 9.17) is 17.5 Å². The van der Waals surface area contributed by atoms with Crippen molar-refractivity contribution in [1.29, 1.82) is 0 Å². The average molecular weight is 124 g/mol. The molecule has 0 saturated heterocycles. The van der Waals surface area contributed by atoms with Crippen LogP contribution in [0.2, 0.25) is 0 Å². The molecule has 34 valence electrons. The van der Waals surface area contributed by atoms with Crippen LogP contribution in [-0.4, -0.2) is 34.9 Å². The van der Waals surface area contributed by atoms with Crippen LogP contribution >= 0.6 is 0 Å². The van der Waals surface area contributed by atoms with Gasteiger partial charge in [-0.15, -0.1) is 0 Å². The summed E-state index contributed by atoms with van der Waals surface area (Å²) >= 11 is 0. The largest absolute Gasteiger partial charge is 1.00 e. The molecule has 0 aliphatic heterocycles. The summed E-state index contributed by atoms with van der Waals surface area (Å²) in [4.78, 5) is 0. The van der Waals surface area contributed by atoms with Crippen molar-refractivity contribution in [3.8, 4) is 0 Å². The normalized spacial score (nSPS) is 9.67. The van der Waals surface area contributed by atoms with E-state index in [9.17, 15) is 0 Å². The van der Waals surface area contributed by atoms with Crippen LogP contribution < -0.4 is 0 Å². The molecule has 6 heteroatoms. The van der Waals surface area contributed by atoms with Gasteiger partial charge in [-0.3, -0.25) is 4.55 Å². The van der Waals surface area contributed by atoms with E-state index in [0.29, 0.717) is 0 Å². The van der Waals surface area contributed by atoms with Gasteiger partial charge in [-0.05, 0) is 0 Å². The molecule has 0 bridgehead atoms. The summed E-state index contributed by atoms with van der Waals surface area (Å²) in [5.41, 5.74) is 0. The van der Waals surface area contributed by atoms with Crippen LogP contribution in [0.5, 0.6) is 0 Å². The van der Waals surface area contributed by atoms with Gasteiger partial charge in [0.05, 0.1) is 0 Å². The van der Waals surface area contributed by atoms with Gasteiger partial charge in [0.25, 0.3) is 0 Å². The van der Waals surface area contributed by atoms with Gasteiger partial charge < -0.3 is 4.55 Å². The van der Waals surface area contributed by atoms with Gasteiger partial charge in [-0.25, -0.2) is 8.42 Å². The number of rotatable bonds is 0. The quantitative estimate of drug-likeness (QED) is 0.245. The maximum absolute atomic E-state index is 8.63. The first kappa shape index (κ1) is 9.64. The van der Waals surface area contributed by atoms with Gasteiger partial charge >= 0.3 is 17.4 Å². The molecular weight excluding hydrogens is 123 g/mol. The number of hydrogen-bond donors (Lipinski definition) is 1. The molecule has 0 fully saturated rings. The molecule has 0 aromatic heterocycles. The minimum Gasteiger partial charge on any atom is -0.726 e.